The minimum absolute atomic E-state index is 0.00519. The van der Waals surface area contributed by atoms with E-state index >= 15 is 0 Å². The van der Waals surface area contributed by atoms with E-state index in [4.69, 9.17) is 18.9 Å². The fraction of sp³-hybridized carbons (Fsp3) is 0.529. The molecule has 0 saturated heterocycles. The fourth-order valence-electron chi connectivity index (χ4n) is 2.65. The summed E-state index contributed by atoms with van der Waals surface area (Å²) in [7, 11) is 4.24. The van der Waals surface area contributed by atoms with E-state index in [9.17, 15) is 9.59 Å². The molecular formula is C17H22O9. The molecule has 144 valence electrons. The fourth-order valence-corrected chi connectivity index (χ4v) is 2.65. The van der Waals surface area contributed by atoms with Crippen molar-refractivity contribution in [3.63, 3.8) is 0 Å². The molecule has 0 spiro atoms. The first-order chi connectivity index (χ1) is 12.6. The van der Waals surface area contributed by atoms with Crippen molar-refractivity contribution in [1.82, 2.24) is 0 Å². The van der Waals surface area contributed by atoms with Crippen LogP contribution in [0, 0.1) is 0 Å². The third kappa shape index (κ3) is 5.16. The summed E-state index contributed by atoms with van der Waals surface area (Å²) in [5.74, 6) is -0.124. The predicted molar refractivity (Wildman–Crippen MR) is 87.0 cm³/mol. The Morgan fingerprint density at radius 1 is 0.846 bits per heavy atom. The molecule has 1 aromatic rings. The summed E-state index contributed by atoms with van der Waals surface area (Å²) in [4.78, 5) is 32.4. The number of hydrogen-bond acceptors (Lipinski definition) is 9. The van der Waals surface area contributed by atoms with Gasteiger partial charge in [0.25, 0.3) is 0 Å². The Balaban J connectivity index is 1.89. The van der Waals surface area contributed by atoms with Gasteiger partial charge in [0.15, 0.2) is 11.5 Å². The highest BCUT2D eigenvalue weighted by Crippen LogP contribution is 2.35. The smallest absolute Gasteiger partial charge is 0.496 e. The van der Waals surface area contributed by atoms with Gasteiger partial charge < -0.3 is 18.9 Å². The van der Waals surface area contributed by atoms with Gasteiger partial charge in [-0.2, -0.15) is 0 Å². The minimum atomic E-state index is -1.07. The summed E-state index contributed by atoms with van der Waals surface area (Å²) >= 11 is 0. The van der Waals surface area contributed by atoms with E-state index in [2.05, 4.69) is 14.8 Å². The van der Waals surface area contributed by atoms with Crippen LogP contribution < -0.4 is 14.2 Å². The molecule has 0 heterocycles. The normalized spacial score (nSPS) is 14.3. The largest absolute Gasteiger partial charge is 0.543 e. The third-order valence-corrected chi connectivity index (χ3v) is 3.95. The highest BCUT2D eigenvalue weighted by molar-refractivity contribution is 5.93. The number of methoxy groups -OCH3 is 3. The van der Waals surface area contributed by atoms with Gasteiger partial charge in [-0.15, -0.1) is 0 Å². The molecule has 0 atom stereocenters. The Hall–Kier alpha value is -2.68. The first-order valence-electron chi connectivity index (χ1n) is 8.15. The molecule has 1 aliphatic rings. The van der Waals surface area contributed by atoms with Crippen LogP contribution in [-0.4, -0.2) is 39.6 Å². The van der Waals surface area contributed by atoms with E-state index in [-0.39, 0.29) is 23.2 Å². The Morgan fingerprint density at radius 2 is 1.46 bits per heavy atom. The zero-order valence-corrected chi connectivity index (χ0v) is 14.9. The van der Waals surface area contributed by atoms with Gasteiger partial charge in [0.05, 0.1) is 26.4 Å². The van der Waals surface area contributed by atoms with Crippen molar-refractivity contribution in [2.45, 2.75) is 38.2 Å². The van der Waals surface area contributed by atoms with Crippen molar-refractivity contribution >= 4 is 12.1 Å². The second kappa shape index (κ2) is 9.71. The maximum atomic E-state index is 12.1. The lowest BCUT2D eigenvalue weighted by atomic mass is 9.98. The summed E-state index contributed by atoms with van der Waals surface area (Å²) < 4.78 is 20.4. The standard InChI is InChI=1S/C17H22O9/c1-20-13-10-15(22-3)14(21-2)9-12(13)16(18)24-26-25-17(19)23-11-7-5-4-6-8-11/h9-11H,4-8H2,1-3H3. The lowest BCUT2D eigenvalue weighted by Gasteiger charge is -2.20. The van der Waals surface area contributed by atoms with Crippen LogP contribution in [0.5, 0.6) is 17.2 Å². The van der Waals surface area contributed by atoms with E-state index in [1.807, 2.05) is 0 Å². The van der Waals surface area contributed by atoms with Crippen molar-refractivity contribution in [1.29, 1.82) is 0 Å². The predicted octanol–water partition coefficient (Wildman–Crippen LogP) is 3.20. The van der Waals surface area contributed by atoms with Gasteiger partial charge in [0.1, 0.15) is 17.4 Å². The maximum Gasteiger partial charge on any atom is 0.543 e. The molecule has 1 aliphatic carbocycles. The second-order valence-corrected chi connectivity index (χ2v) is 5.56. The molecule has 9 nitrogen and oxygen atoms in total. The van der Waals surface area contributed by atoms with Gasteiger partial charge in [-0.3, -0.25) is 4.89 Å². The summed E-state index contributed by atoms with van der Waals surface area (Å²) in [5.41, 5.74) is -0.00519. The summed E-state index contributed by atoms with van der Waals surface area (Å²) in [5, 5.41) is 4.23. The van der Waals surface area contributed by atoms with Crippen LogP contribution in [0.4, 0.5) is 4.79 Å². The molecule has 0 amide bonds. The van der Waals surface area contributed by atoms with Gasteiger partial charge in [-0.1, -0.05) is 6.42 Å². The number of carbonyl (C=O) groups is 2. The topological polar surface area (TPSA) is 98.8 Å². The monoisotopic (exact) mass is 370 g/mol. The van der Waals surface area contributed by atoms with Gasteiger partial charge in [0.2, 0.25) is 0 Å². The molecule has 0 aromatic heterocycles. The summed E-state index contributed by atoms with van der Waals surface area (Å²) in [6.45, 7) is 0. The van der Waals surface area contributed by atoms with Crippen LogP contribution >= 0.6 is 0 Å². The van der Waals surface area contributed by atoms with Crippen LogP contribution in [0.25, 0.3) is 0 Å². The molecule has 0 unspecified atom stereocenters. The molecule has 1 fully saturated rings. The molecule has 2 rings (SSSR count). The van der Waals surface area contributed by atoms with Crippen LogP contribution in [0.2, 0.25) is 0 Å². The average Bonchev–Trinajstić information content (AvgIpc) is 2.67. The van der Waals surface area contributed by atoms with Crippen molar-refractivity contribution < 1.29 is 43.3 Å². The summed E-state index contributed by atoms with van der Waals surface area (Å²) in [6.07, 6.45) is 3.39. The molecule has 1 saturated carbocycles. The SMILES string of the molecule is COc1cc(OC)c(C(=O)OOOC(=O)OC2CCCCC2)cc1OC. The average molecular weight is 370 g/mol. The zero-order chi connectivity index (χ0) is 18.9. The van der Waals surface area contributed by atoms with Crippen LogP contribution in [0.15, 0.2) is 12.1 Å². The molecular weight excluding hydrogens is 348 g/mol. The number of rotatable bonds is 7. The molecule has 0 bridgehead atoms. The zero-order valence-electron chi connectivity index (χ0n) is 14.9. The summed E-state index contributed by atoms with van der Waals surface area (Å²) in [6, 6.07) is 2.80. The third-order valence-electron chi connectivity index (χ3n) is 3.95. The quantitative estimate of drug-likeness (QED) is 0.407. The number of ether oxygens (including phenoxy) is 4. The van der Waals surface area contributed by atoms with E-state index in [0.29, 0.717) is 5.75 Å². The van der Waals surface area contributed by atoms with Gasteiger partial charge in [-0.05, 0) is 25.7 Å². The van der Waals surface area contributed by atoms with Crippen LogP contribution in [-0.2, 0) is 19.6 Å². The van der Waals surface area contributed by atoms with Crippen molar-refractivity contribution in [2.24, 2.45) is 0 Å². The lowest BCUT2D eigenvalue weighted by Crippen LogP contribution is -2.22. The first kappa shape index (κ1) is 19.6. The van der Waals surface area contributed by atoms with Crippen molar-refractivity contribution in [3.05, 3.63) is 17.7 Å². The van der Waals surface area contributed by atoms with E-state index < -0.39 is 12.1 Å². The lowest BCUT2D eigenvalue weighted by molar-refractivity contribution is -0.453. The van der Waals surface area contributed by atoms with Crippen LogP contribution in [0.3, 0.4) is 0 Å². The highest BCUT2D eigenvalue weighted by Gasteiger charge is 2.22. The number of hydrogen-bond donors (Lipinski definition) is 0. The Kier molecular flexibility index (Phi) is 7.34. The van der Waals surface area contributed by atoms with E-state index in [0.717, 1.165) is 32.1 Å². The highest BCUT2D eigenvalue weighted by atomic mass is 17.5. The molecule has 0 aliphatic heterocycles. The van der Waals surface area contributed by atoms with E-state index in [1.54, 1.807) is 0 Å². The van der Waals surface area contributed by atoms with Gasteiger partial charge >= 0.3 is 12.1 Å². The van der Waals surface area contributed by atoms with Gasteiger partial charge in [-0.25, -0.2) is 14.5 Å². The molecule has 1 aromatic carbocycles. The van der Waals surface area contributed by atoms with Crippen LogP contribution in [0.1, 0.15) is 42.5 Å². The van der Waals surface area contributed by atoms with E-state index in [1.165, 1.54) is 33.5 Å². The molecule has 9 heteroatoms. The molecule has 26 heavy (non-hydrogen) atoms. The van der Waals surface area contributed by atoms with Crippen molar-refractivity contribution in [3.8, 4) is 17.2 Å². The second-order valence-electron chi connectivity index (χ2n) is 5.56. The Labute approximate surface area is 150 Å². The van der Waals surface area contributed by atoms with Gasteiger partial charge in [0, 0.05) is 12.1 Å². The minimum Gasteiger partial charge on any atom is -0.496 e. The Bertz CT molecular complexity index is 623. The first-order valence-corrected chi connectivity index (χ1v) is 8.15. The number of carbonyl (C=O) groups excluding carboxylic acids is 2. The Morgan fingerprint density at radius 3 is 2.08 bits per heavy atom. The van der Waals surface area contributed by atoms with Crippen molar-refractivity contribution in [2.75, 3.05) is 21.3 Å². The molecule has 0 N–H and O–H groups in total. The maximum absolute atomic E-state index is 12.1. The number of benzene rings is 1. The molecule has 0 radical (unpaired) electrons.